The first-order valence-electron chi connectivity index (χ1n) is 9.94. The van der Waals surface area contributed by atoms with Gasteiger partial charge in [-0.2, -0.15) is 0 Å². The van der Waals surface area contributed by atoms with E-state index in [-0.39, 0.29) is 0 Å². The summed E-state index contributed by atoms with van der Waals surface area (Å²) in [7, 11) is 0. The van der Waals surface area contributed by atoms with Gasteiger partial charge in [-0.25, -0.2) is 0 Å². The first-order chi connectivity index (χ1) is 12.8. The highest BCUT2D eigenvalue weighted by atomic mass is 16.5. The molecule has 1 radical (unpaired) electrons. The zero-order chi connectivity index (χ0) is 18.2. The number of hydrogen-bond acceptors (Lipinski definition) is 4. The fraction of sp³-hybridized carbons (Fsp3) is 0.619. The average Bonchev–Trinajstić information content (AvgIpc) is 2.91. The second kappa shape index (κ2) is 9.81. The van der Waals surface area contributed by atoms with Crippen LogP contribution < -0.4 is 9.47 Å². The van der Waals surface area contributed by atoms with Crippen molar-refractivity contribution in [1.29, 1.82) is 0 Å². The van der Waals surface area contributed by atoms with Crippen LogP contribution in [0, 0.1) is 6.92 Å². The monoisotopic (exact) mass is 359 g/mol. The predicted octanol–water partition coefficient (Wildman–Crippen LogP) is 3.28. The number of rotatable bonds is 7. The molecule has 0 N–H and O–H groups in total. The van der Waals surface area contributed by atoms with Gasteiger partial charge >= 0.3 is 0 Å². The molecule has 1 saturated heterocycles. The highest BCUT2D eigenvalue weighted by Gasteiger charge is 2.21. The Morgan fingerprint density at radius 2 is 1.77 bits per heavy atom. The lowest BCUT2D eigenvalue weighted by Crippen LogP contribution is -2.48. The van der Waals surface area contributed by atoms with Crippen LogP contribution in [-0.4, -0.2) is 55.1 Å². The van der Waals surface area contributed by atoms with Gasteiger partial charge in [0.1, 0.15) is 0 Å². The smallest absolute Gasteiger partial charge is 0.222 e. The Labute approximate surface area is 157 Å². The number of unbranched alkanes of at least 4 members (excludes halogenated alkanes) is 3. The largest absolute Gasteiger partial charge is 0.490 e. The fourth-order valence-electron chi connectivity index (χ4n) is 3.51. The van der Waals surface area contributed by atoms with Crippen molar-refractivity contribution >= 4 is 5.91 Å². The molecule has 1 amide bonds. The minimum atomic E-state index is 0.310. The van der Waals surface area contributed by atoms with Crippen LogP contribution in [-0.2, 0) is 11.3 Å². The van der Waals surface area contributed by atoms with Gasteiger partial charge in [0, 0.05) is 45.6 Å². The van der Waals surface area contributed by atoms with Crippen molar-refractivity contribution in [2.75, 3.05) is 39.4 Å². The van der Waals surface area contributed by atoms with E-state index in [1.54, 1.807) is 0 Å². The van der Waals surface area contributed by atoms with Gasteiger partial charge in [0.05, 0.1) is 13.2 Å². The Morgan fingerprint density at radius 3 is 2.54 bits per heavy atom. The van der Waals surface area contributed by atoms with Gasteiger partial charge in [0.2, 0.25) is 5.91 Å². The number of fused-ring (bicyclic) bond motifs is 1. The number of carbonyl (C=O) groups excluding carboxylic acids is 1. The van der Waals surface area contributed by atoms with Crippen molar-refractivity contribution < 1.29 is 14.3 Å². The van der Waals surface area contributed by atoms with Crippen LogP contribution in [0.3, 0.4) is 0 Å². The number of amides is 1. The number of piperazine rings is 1. The van der Waals surface area contributed by atoms with E-state index in [1.165, 1.54) is 5.56 Å². The summed E-state index contributed by atoms with van der Waals surface area (Å²) < 4.78 is 11.5. The van der Waals surface area contributed by atoms with Gasteiger partial charge in [-0.15, -0.1) is 0 Å². The van der Waals surface area contributed by atoms with Crippen molar-refractivity contribution in [1.82, 2.24) is 9.80 Å². The lowest BCUT2D eigenvalue weighted by atomic mass is 10.1. The maximum Gasteiger partial charge on any atom is 0.222 e. The van der Waals surface area contributed by atoms with Crippen LogP contribution in [0.1, 0.15) is 44.1 Å². The SMILES string of the molecule is [CH2]CCCCCC(=O)N1CCN(Cc2ccc3c(c2)OCCCO3)CC1. The number of hydrogen-bond donors (Lipinski definition) is 0. The molecule has 26 heavy (non-hydrogen) atoms. The van der Waals surface area contributed by atoms with Crippen LogP contribution in [0.15, 0.2) is 18.2 Å². The molecule has 143 valence electrons. The second-order valence-corrected chi connectivity index (χ2v) is 7.15. The Bertz CT molecular complexity index is 583. The maximum atomic E-state index is 12.3. The number of ether oxygens (including phenoxy) is 2. The van der Waals surface area contributed by atoms with Crippen molar-refractivity contribution in [2.24, 2.45) is 0 Å². The molecule has 2 aliphatic rings. The molecule has 5 nitrogen and oxygen atoms in total. The Kier molecular flexibility index (Phi) is 7.18. The molecule has 0 bridgehead atoms. The van der Waals surface area contributed by atoms with Crippen LogP contribution >= 0.6 is 0 Å². The lowest BCUT2D eigenvalue weighted by molar-refractivity contribution is -0.133. The topological polar surface area (TPSA) is 42.0 Å². The van der Waals surface area contributed by atoms with E-state index in [0.717, 1.165) is 82.9 Å². The molecule has 0 unspecified atom stereocenters. The van der Waals surface area contributed by atoms with Crippen LogP contribution in [0.5, 0.6) is 11.5 Å². The molecule has 1 fully saturated rings. The van der Waals surface area contributed by atoms with Gasteiger partial charge < -0.3 is 14.4 Å². The standard InChI is InChI=1S/C21H31N2O3/c1-2-3-4-5-7-21(24)23-12-10-22(11-13-23)17-18-8-9-19-20(16-18)26-15-6-14-25-19/h8-9,16H,1-7,10-15,17H2. The van der Waals surface area contributed by atoms with E-state index < -0.39 is 0 Å². The second-order valence-electron chi connectivity index (χ2n) is 7.15. The third kappa shape index (κ3) is 5.37. The summed E-state index contributed by atoms with van der Waals surface area (Å²) in [6.07, 6.45) is 5.80. The zero-order valence-electron chi connectivity index (χ0n) is 15.8. The van der Waals surface area contributed by atoms with E-state index in [0.29, 0.717) is 18.9 Å². The molecule has 0 aliphatic carbocycles. The first kappa shape index (κ1) is 19.0. The normalized spacial score (nSPS) is 17.8. The van der Waals surface area contributed by atoms with Gasteiger partial charge in [-0.3, -0.25) is 9.69 Å². The van der Waals surface area contributed by atoms with Crippen molar-refractivity contribution in [3.05, 3.63) is 30.7 Å². The third-order valence-electron chi connectivity index (χ3n) is 5.08. The third-order valence-corrected chi connectivity index (χ3v) is 5.08. The molecule has 5 heteroatoms. The van der Waals surface area contributed by atoms with E-state index in [2.05, 4.69) is 24.0 Å². The molecule has 1 aromatic carbocycles. The van der Waals surface area contributed by atoms with Crippen molar-refractivity contribution in [3.63, 3.8) is 0 Å². The van der Waals surface area contributed by atoms with E-state index in [9.17, 15) is 4.79 Å². The number of carbonyl (C=O) groups is 1. The highest BCUT2D eigenvalue weighted by molar-refractivity contribution is 5.76. The fourth-order valence-corrected chi connectivity index (χ4v) is 3.51. The van der Waals surface area contributed by atoms with Crippen LogP contribution in [0.4, 0.5) is 0 Å². The molecule has 0 atom stereocenters. The highest BCUT2D eigenvalue weighted by Crippen LogP contribution is 2.30. The Balaban J connectivity index is 1.44. The molecule has 0 saturated carbocycles. The minimum absolute atomic E-state index is 0.310. The summed E-state index contributed by atoms with van der Waals surface area (Å²) in [4.78, 5) is 16.7. The molecule has 2 aliphatic heterocycles. The summed E-state index contributed by atoms with van der Waals surface area (Å²) in [5.41, 5.74) is 1.24. The molecule has 3 rings (SSSR count). The molecular weight excluding hydrogens is 328 g/mol. The van der Waals surface area contributed by atoms with Crippen molar-refractivity contribution in [2.45, 2.75) is 45.1 Å². The summed E-state index contributed by atoms with van der Waals surface area (Å²) in [5, 5.41) is 0. The van der Waals surface area contributed by atoms with E-state index in [4.69, 9.17) is 9.47 Å². The van der Waals surface area contributed by atoms with Gasteiger partial charge in [0.25, 0.3) is 0 Å². The summed E-state index contributed by atoms with van der Waals surface area (Å²) in [6.45, 7) is 9.70. The molecule has 0 spiro atoms. The first-order valence-corrected chi connectivity index (χ1v) is 9.94. The molecule has 0 aromatic heterocycles. The summed E-state index contributed by atoms with van der Waals surface area (Å²) in [5.74, 6) is 2.01. The van der Waals surface area contributed by atoms with Crippen molar-refractivity contribution in [3.8, 4) is 11.5 Å². The minimum Gasteiger partial charge on any atom is -0.490 e. The number of nitrogens with zero attached hydrogens (tertiary/aromatic N) is 2. The Morgan fingerprint density at radius 1 is 1.00 bits per heavy atom. The predicted molar refractivity (Wildman–Crippen MR) is 102 cm³/mol. The maximum absolute atomic E-state index is 12.3. The van der Waals surface area contributed by atoms with Gasteiger partial charge in [-0.05, 0) is 24.1 Å². The Hall–Kier alpha value is -1.75. The van der Waals surface area contributed by atoms with Crippen LogP contribution in [0.2, 0.25) is 0 Å². The van der Waals surface area contributed by atoms with E-state index in [1.807, 2.05) is 11.0 Å². The average molecular weight is 359 g/mol. The quantitative estimate of drug-likeness (QED) is 0.701. The summed E-state index contributed by atoms with van der Waals surface area (Å²) >= 11 is 0. The number of benzene rings is 1. The van der Waals surface area contributed by atoms with Crippen LogP contribution in [0.25, 0.3) is 0 Å². The summed E-state index contributed by atoms with van der Waals surface area (Å²) in [6, 6.07) is 6.23. The zero-order valence-corrected chi connectivity index (χ0v) is 15.8. The molecule has 2 heterocycles. The lowest BCUT2D eigenvalue weighted by Gasteiger charge is -2.35. The molecular formula is C21H31N2O3. The van der Waals surface area contributed by atoms with Gasteiger partial charge in [0.15, 0.2) is 11.5 Å². The molecule has 1 aromatic rings. The van der Waals surface area contributed by atoms with Gasteiger partial charge in [-0.1, -0.05) is 32.3 Å². The van der Waals surface area contributed by atoms with E-state index >= 15 is 0 Å².